The van der Waals surface area contributed by atoms with E-state index in [9.17, 15) is 19.1 Å². The third kappa shape index (κ3) is 3.81. The van der Waals surface area contributed by atoms with Gasteiger partial charge >= 0.3 is 0 Å². The van der Waals surface area contributed by atoms with Crippen molar-refractivity contribution in [1.29, 1.82) is 0 Å². The summed E-state index contributed by atoms with van der Waals surface area (Å²) in [7, 11) is 1.75. The topological polar surface area (TPSA) is 111 Å². The van der Waals surface area contributed by atoms with E-state index in [4.69, 9.17) is 4.74 Å². The van der Waals surface area contributed by atoms with Crippen LogP contribution in [0.1, 0.15) is 35.7 Å². The van der Waals surface area contributed by atoms with Crippen molar-refractivity contribution >= 4 is 5.91 Å². The Kier molecular flexibility index (Phi) is 5.10. The largest absolute Gasteiger partial charge is 0.501 e. The Morgan fingerprint density at radius 3 is 2.84 bits per heavy atom. The number of aromatic hydroxyl groups is 1. The second-order valence-electron chi connectivity index (χ2n) is 7.81. The minimum Gasteiger partial charge on any atom is -0.501 e. The molecule has 1 aliphatic rings. The predicted molar refractivity (Wildman–Crippen MR) is 109 cm³/mol. The van der Waals surface area contributed by atoms with E-state index < -0.39 is 28.6 Å². The minimum absolute atomic E-state index is 0.0183. The predicted octanol–water partition coefficient (Wildman–Crippen LogP) is 1.68. The second kappa shape index (κ2) is 7.62. The number of hydrogen-bond donors (Lipinski definition) is 2. The van der Waals surface area contributed by atoms with Crippen molar-refractivity contribution in [2.24, 2.45) is 7.05 Å². The van der Waals surface area contributed by atoms with Gasteiger partial charge in [0.15, 0.2) is 5.69 Å². The summed E-state index contributed by atoms with van der Waals surface area (Å²) in [4.78, 5) is 29.6. The highest BCUT2D eigenvalue weighted by Gasteiger charge is 2.34. The number of rotatable bonds is 4. The first-order valence-corrected chi connectivity index (χ1v) is 9.72. The molecule has 9 nitrogen and oxygen atoms in total. The van der Waals surface area contributed by atoms with Gasteiger partial charge < -0.3 is 15.2 Å². The van der Waals surface area contributed by atoms with Crippen LogP contribution in [-0.4, -0.2) is 37.0 Å². The molecule has 4 rings (SSSR count). The number of amides is 1. The van der Waals surface area contributed by atoms with Gasteiger partial charge in [-0.05, 0) is 37.6 Å². The fourth-order valence-electron chi connectivity index (χ4n) is 3.59. The molecule has 162 valence electrons. The smallest absolute Gasteiger partial charge is 0.296 e. The maximum atomic E-state index is 13.8. The molecule has 0 fully saturated rings. The standard InChI is InChI=1S/C21H22FN5O4/c1-21(2)20-24-16(17(28)19(30)27(20)8-9-31-21)18(29)23-11-12-4-5-13(22)10-14(12)15-6-7-26(3)25-15/h4-7,10,28H,8-9,11H2,1-3H3,(H,23,29). The Morgan fingerprint density at radius 1 is 1.35 bits per heavy atom. The van der Waals surface area contributed by atoms with Crippen LogP contribution in [0.4, 0.5) is 4.39 Å². The zero-order valence-electron chi connectivity index (χ0n) is 17.3. The molecule has 0 spiro atoms. The first-order chi connectivity index (χ1) is 14.7. The number of nitrogens with one attached hydrogen (secondary N) is 1. The molecule has 2 N–H and O–H groups in total. The lowest BCUT2D eigenvalue weighted by atomic mass is 10.0. The van der Waals surface area contributed by atoms with Gasteiger partial charge in [0.1, 0.15) is 17.2 Å². The minimum atomic E-state index is -0.886. The third-order valence-corrected chi connectivity index (χ3v) is 5.18. The van der Waals surface area contributed by atoms with E-state index in [1.165, 1.54) is 16.7 Å². The molecule has 3 heterocycles. The quantitative estimate of drug-likeness (QED) is 0.656. The first-order valence-electron chi connectivity index (χ1n) is 9.72. The highest BCUT2D eigenvalue weighted by Crippen LogP contribution is 2.27. The Hall–Kier alpha value is -3.53. The summed E-state index contributed by atoms with van der Waals surface area (Å²) in [5.41, 5.74) is -0.259. The van der Waals surface area contributed by atoms with Crippen molar-refractivity contribution in [3.05, 3.63) is 63.7 Å². The Bertz CT molecular complexity index is 1230. The number of carbonyl (C=O) groups excluding carboxylic acids is 1. The van der Waals surface area contributed by atoms with Crippen LogP contribution in [0.25, 0.3) is 11.3 Å². The molecule has 31 heavy (non-hydrogen) atoms. The normalized spacial score (nSPS) is 14.8. The van der Waals surface area contributed by atoms with Gasteiger partial charge in [0.2, 0.25) is 5.75 Å². The zero-order valence-corrected chi connectivity index (χ0v) is 17.3. The summed E-state index contributed by atoms with van der Waals surface area (Å²) in [5, 5.41) is 17.2. The molecular weight excluding hydrogens is 405 g/mol. The van der Waals surface area contributed by atoms with E-state index in [-0.39, 0.29) is 24.6 Å². The summed E-state index contributed by atoms with van der Waals surface area (Å²) in [5.74, 6) is -1.61. The van der Waals surface area contributed by atoms with Gasteiger partial charge in [-0.1, -0.05) is 6.07 Å². The van der Waals surface area contributed by atoms with Crippen molar-refractivity contribution in [1.82, 2.24) is 24.6 Å². The molecule has 0 saturated heterocycles. The van der Waals surface area contributed by atoms with Crippen LogP contribution in [-0.2, 0) is 30.5 Å². The van der Waals surface area contributed by atoms with Crippen molar-refractivity contribution in [2.75, 3.05) is 6.61 Å². The number of aryl methyl sites for hydroxylation is 1. The molecule has 0 aliphatic carbocycles. The van der Waals surface area contributed by atoms with E-state index in [0.717, 1.165) is 0 Å². The highest BCUT2D eigenvalue weighted by molar-refractivity contribution is 5.94. The number of halogens is 1. The van der Waals surface area contributed by atoms with Crippen LogP contribution in [0.2, 0.25) is 0 Å². The molecule has 1 aliphatic heterocycles. The van der Waals surface area contributed by atoms with Crippen molar-refractivity contribution in [3.63, 3.8) is 0 Å². The van der Waals surface area contributed by atoms with E-state index >= 15 is 0 Å². The molecule has 0 radical (unpaired) electrons. The lowest BCUT2D eigenvalue weighted by Gasteiger charge is -2.32. The number of aromatic nitrogens is 4. The summed E-state index contributed by atoms with van der Waals surface area (Å²) in [6.45, 7) is 4.03. The van der Waals surface area contributed by atoms with Crippen LogP contribution in [0.3, 0.4) is 0 Å². The molecule has 0 atom stereocenters. The SMILES string of the molecule is Cn1ccc(-c2cc(F)ccc2CNC(=O)c2nc3n(c(=O)c2O)CCOC3(C)C)n1. The van der Waals surface area contributed by atoms with Gasteiger partial charge in [-0.25, -0.2) is 9.37 Å². The molecule has 1 aromatic carbocycles. The molecule has 3 aromatic rings. The molecule has 10 heteroatoms. The average Bonchev–Trinajstić information content (AvgIpc) is 3.15. The molecule has 1 amide bonds. The van der Waals surface area contributed by atoms with Crippen LogP contribution in [0.5, 0.6) is 5.75 Å². The number of benzene rings is 1. The van der Waals surface area contributed by atoms with Gasteiger partial charge in [-0.15, -0.1) is 0 Å². The average molecular weight is 427 g/mol. The van der Waals surface area contributed by atoms with Crippen LogP contribution in [0.15, 0.2) is 35.3 Å². The summed E-state index contributed by atoms with van der Waals surface area (Å²) in [6, 6.07) is 5.91. The summed E-state index contributed by atoms with van der Waals surface area (Å²) in [6.07, 6.45) is 1.73. The number of fused-ring (bicyclic) bond motifs is 1. The number of hydrogen-bond acceptors (Lipinski definition) is 6. The Balaban J connectivity index is 1.64. The maximum absolute atomic E-state index is 13.8. The molecule has 0 bridgehead atoms. The lowest BCUT2D eigenvalue weighted by Crippen LogP contribution is -2.42. The summed E-state index contributed by atoms with van der Waals surface area (Å²) >= 11 is 0. The van der Waals surface area contributed by atoms with Gasteiger partial charge in [0.05, 0.1) is 18.8 Å². The van der Waals surface area contributed by atoms with Crippen LogP contribution < -0.4 is 10.9 Å². The second-order valence-corrected chi connectivity index (χ2v) is 7.81. The fourth-order valence-corrected chi connectivity index (χ4v) is 3.59. The van der Waals surface area contributed by atoms with Crippen molar-refractivity contribution in [2.45, 2.75) is 32.5 Å². The Morgan fingerprint density at radius 2 is 2.13 bits per heavy atom. The number of carbonyl (C=O) groups is 1. The number of ether oxygens (including phenoxy) is 1. The first kappa shape index (κ1) is 20.7. The van der Waals surface area contributed by atoms with Crippen LogP contribution in [0, 0.1) is 5.82 Å². The molecule has 2 aromatic heterocycles. The number of nitrogens with zero attached hydrogens (tertiary/aromatic N) is 4. The molecular formula is C21H22FN5O4. The molecule has 0 unspecified atom stereocenters. The third-order valence-electron chi connectivity index (χ3n) is 5.18. The van der Waals surface area contributed by atoms with E-state index in [2.05, 4.69) is 15.4 Å². The Labute approximate surface area is 177 Å². The highest BCUT2D eigenvalue weighted by atomic mass is 19.1. The fraction of sp³-hybridized carbons (Fsp3) is 0.333. The zero-order chi connectivity index (χ0) is 22.3. The van der Waals surface area contributed by atoms with E-state index in [1.54, 1.807) is 43.9 Å². The van der Waals surface area contributed by atoms with Crippen molar-refractivity contribution < 1.29 is 19.0 Å². The van der Waals surface area contributed by atoms with Gasteiger partial charge in [-0.3, -0.25) is 18.8 Å². The van der Waals surface area contributed by atoms with Gasteiger partial charge in [-0.2, -0.15) is 5.10 Å². The summed E-state index contributed by atoms with van der Waals surface area (Å²) < 4.78 is 22.4. The molecule has 0 saturated carbocycles. The monoisotopic (exact) mass is 427 g/mol. The van der Waals surface area contributed by atoms with Crippen molar-refractivity contribution in [3.8, 4) is 17.0 Å². The van der Waals surface area contributed by atoms with E-state index in [1.807, 2.05) is 0 Å². The maximum Gasteiger partial charge on any atom is 0.296 e. The van der Waals surface area contributed by atoms with Gasteiger partial charge in [0, 0.05) is 25.4 Å². The van der Waals surface area contributed by atoms with Gasteiger partial charge in [0.25, 0.3) is 11.5 Å². The lowest BCUT2D eigenvalue weighted by molar-refractivity contribution is -0.0566. The van der Waals surface area contributed by atoms with E-state index in [0.29, 0.717) is 23.4 Å². The van der Waals surface area contributed by atoms with Crippen LogP contribution >= 0.6 is 0 Å².